The molecule has 12 heavy (non-hydrogen) atoms. The molecule has 0 aliphatic carbocycles. The largest absolute Gasteiger partial charge is 0.463 e. The SMILES string of the molecule is CC(C)c1cc2occc2n1C. The number of fused-ring (bicyclic) bond motifs is 1. The third-order valence-corrected chi connectivity index (χ3v) is 2.29. The maximum Gasteiger partial charge on any atom is 0.152 e. The summed E-state index contributed by atoms with van der Waals surface area (Å²) in [6, 6.07) is 4.11. The van der Waals surface area contributed by atoms with Gasteiger partial charge >= 0.3 is 0 Å². The van der Waals surface area contributed by atoms with Crippen LogP contribution in [-0.2, 0) is 7.05 Å². The summed E-state index contributed by atoms with van der Waals surface area (Å²) in [7, 11) is 2.08. The highest BCUT2D eigenvalue weighted by molar-refractivity contribution is 5.75. The molecule has 0 N–H and O–H groups in total. The molecule has 0 atom stereocenters. The van der Waals surface area contributed by atoms with Gasteiger partial charge in [0.15, 0.2) is 5.58 Å². The minimum Gasteiger partial charge on any atom is -0.463 e. The quantitative estimate of drug-likeness (QED) is 0.632. The van der Waals surface area contributed by atoms with Crippen LogP contribution < -0.4 is 0 Å². The van der Waals surface area contributed by atoms with Crippen LogP contribution in [-0.4, -0.2) is 4.57 Å². The van der Waals surface area contributed by atoms with Crippen LogP contribution >= 0.6 is 0 Å². The molecule has 2 aromatic heterocycles. The minimum atomic E-state index is 0.553. The first-order chi connectivity index (χ1) is 5.70. The molecule has 2 aromatic rings. The first-order valence-electron chi connectivity index (χ1n) is 4.23. The summed E-state index contributed by atoms with van der Waals surface area (Å²) in [5, 5.41) is 0. The van der Waals surface area contributed by atoms with E-state index in [0.29, 0.717) is 5.92 Å². The number of furan rings is 1. The zero-order chi connectivity index (χ0) is 8.72. The molecule has 0 unspecified atom stereocenters. The number of nitrogens with zero attached hydrogens (tertiary/aromatic N) is 1. The van der Waals surface area contributed by atoms with Crippen molar-refractivity contribution in [2.24, 2.45) is 7.05 Å². The Balaban J connectivity index is 2.70. The summed E-state index contributed by atoms with van der Waals surface area (Å²) >= 11 is 0. The van der Waals surface area contributed by atoms with Crippen molar-refractivity contribution in [1.29, 1.82) is 0 Å². The molecule has 64 valence electrons. The average molecular weight is 163 g/mol. The van der Waals surface area contributed by atoms with E-state index in [-0.39, 0.29) is 0 Å². The molecular formula is C10H13NO. The van der Waals surface area contributed by atoms with E-state index >= 15 is 0 Å². The van der Waals surface area contributed by atoms with Gasteiger partial charge in [-0.2, -0.15) is 0 Å². The number of hydrogen-bond acceptors (Lipinski definition) is 1. The van der Waals surface area contributed by atoms with Crippen LogP contribution in [0.1, 0.15) is 25.5 Å². The van der Waals surface area contributed by atoms with Crippen LogP contribution in [0.3, 0.4) is 0 Å². The maximum atomic E-state index is 5.31. The Morgan fingerprint density at radius 2 is 2.17 bits per heavy atom. The lowest BCUT2D eigenvalue weighted by molar-refractivity contribution is 0.615. The summed E-state index contributed by atoms with van der Waals surface area (Å²) < 4.78 is 7.49. The first kappa shape index (κ1) is 7.47. The van der Waals surface area contributed by atoms with E-state index in [4.69, 9.17) is 4.42 Å². The fourth-order valence-corrected chi connectivity index (χ4v) is 1.62. The lowest BCUT2D eigenvalue weighted by Gasteiger charge is -2.05. The standard InChI is InChI=1S/C10H13NO/c1-7(2)9-6-10-8(11(9)3)4-5-12-10/h4-7H,1-3H3. The molecule has 0 bridgehead atoms. The van der Waals surface area contributed by atoms with Crippen molar-refractivity contribution >= 4 is 11.1 Å². The highest BCUT2D eigenvalue weighted by Gasteiger charge is 2.09. The van der Waals surface area contributed by atoms with Crippen molar-refractivity contribution in [1.82, 2.24) is 4.57 Å². The smallest absolute Gasteiger partial charge is 0.152 e. The minimum absolute atomic E-state index is 0.553. The summed E-state index contributed by atoms with van der Waals surface area (Å²) in [5.74, 6) is 0.553. The maximum absolute atomic E-state index is 5.31. The van der Waals surface area contributed by atoms with Crippen LogP contribution in [0.5, 0.6) is 0 Å². The van der Waals surface area contributed by atoms with E-state index in [1.54, 1.807) is 6.26 Å². The molecule has 0 aromatic carbocycles. The van der Waals surface area contributed by atoms with Crippen LogP contribution in [0.4, 0.5) is 0 Å². The second-order valence-corrected chi connectivity index (χ2v) is 3.45. The van der Waals surface area contributed by atoms with Gasteiger partial charge in [0, 0.05) is 24.9 Å². The Morgan fingerprint density at radius 1 is 1.42 bits per heavy atom. The third kappa shape index (κ3) is 0.876. The predicted molar refractivity (Wildman–Crippen MR) is 49.3 cm³/mol. The van der Waals surface area contributed by atoms with Crippen molar-refractivity contribution in [3.8, 4) is 0 Å². The second-order valence-electron chi connectivity index (χ2n) is 3.45. The van der Waals surface area contributed by atoms with E-state index < -0.39 is 0 Å². The van der Waals surface area contributed by atoms with Gasteiger partial charge in [-0.25, -0.2) is 0 Å². The number of hydrogen-bond donors (Lipinski definition) is 0. The number of rotatable bonds is 1. The molecule has 2 heteroatoms. The molecule has 0 fully saturated rings. The molecule has 0 aliphatic rings. The van der Waals surface area contributed by atoms with Crippen molar-refractivity contribution < 1.29 is 4.42 Å². The Hall–Kier alpha value is -1.18. The van der Waals surface area contributed by atoms with Gasteiger partial charge in [0.25, 0.3) is 0 Å². The molecule has 0 radical (unpaired) electrons. The zero-order valence-electron chi connectivity index (χ0n) is 7.66. The van der Waals surface area contributed by atoms with Crippen molar-refractivity contribution in [3.63, 3.8) is 0 Å². The Bertz CT molecular complexity index is 395. The highest BCUT2D eigenvalue weighted by atomic mass is 16.3. The van der Waals surface area contributed by atoms with E-state index in [1.165, 1.54) is 11.2 Å². The summed E-state index contributed by atoms with van der Waals surface area (Å²) in [6.45, 7) is 4.38. The van der Waals surface area contributed by atoms with Crippen LogP contribution in [0.15, 0.2) is 22.8 Å². The summed E-state index contributed by atoms with van der Waals surface area (Å²) in [4.78, 5) is 0. The molecule has 0 spiro atoms. The van der Waals surface area contributed by atoms with E-state index in [2.05, 4.69) is 31.5 Å². The van der Waals surface area contributed by atoms with Gasteiger partial charge in [0.2, 0.25) is 0 Å². The topological polar surface area (TPSA) is 18.1 Å². The predicted octanol–water partition coefficient (Wildman–Crippen LogP) is 2.89. The lowest BCUT2D eigenvalue weighted by Crippen LogP contribution is -1.96. The molecular weight excluding hydrogens is 150 g/mol. The van der Waals surface area contributed by atoms with E-state index in [0.717, 1.165) is 5.58 Å². The normalized spacial score (nSPS) is 11.7. The third-order valence-electron chi connectivity index (χ3n) is 2.29. The number of aryl methyl sites for hydroxylation is 1. The molecule has 2 rings (SSSR count). The van der Waals surface area contributed by atoms with Gasteiger partial charge in [-0.05, 0) is 5.92 Å². The van der Waals surface area contributed by atoms with Gasteiger partial charge in [-0.15, -0.1) is 0 Å². The summed E-state index contributed by atoms with van der Waals surface area (Å²) in [5.41, 5.74) is 3.49. The van der Waals surface area contributed by atoms with Gasteiger partial charge in [-0.3, -0.25) is 0 Å². The monoisotopic (exact) mass is 163 g/mol. The molecule has 0 amide bonds. The fraction of sp³-hybridized carbons (Fsp3) is 0.400. The van der Waals surface area contributed by atoms with Gasteiger partial charge in [-0.1, -0.05) is 13.8 Å². The highest BCUT2D eigenvalue weighted by Crippen LogP contribution is 2.24. The molecule has 2 heterocycles. The van der Waals surface area contributed by atoms with Crippen LogP contribution in [0.2, 0.25) is 0 Å². The van der Waals surface area contributed by atoms with E-state index in [9.17, 15) is 0 Å². The lowest BCUT2D eigenvalue weighted by atomic mass is 10.1. The number of aromatic nitrogens is 1. The van der Waals surface area contributed by atoms with Gasteiger partial charge in [0.05, 0.1) is 11.8 Å². The Kier molecular flexibility index (Phi) is 1.50. The molecule has 0 saturated carbocycles. The molecule has 0 aliphatic heterocycles. The fourth-order valence-electron chi connectivity index (χ4n) is 1.62. The van der Waals surface area contributed by atoms with E-state index in [1.807, 2.05) is 6.07 Å². The van der Waals surface area contributed by atoms with Crippen molar-refractivity contribution in [3.05, 3.63) is 24.1 Å². The summed E-state index contributed by atoms with van der Waals surface area (Å²) in [6.07, 6.45) is 1.73. The van der Waals surface area contributed by atoms with Crippen molar-refractivity contribution in [2.75, 3.05) is 0 Å². The van der Waals surface area contributed by atoms with Crippen LogP contribution in [0, 0.1) is 0 Å². The average Bonchev–Trinajstić information content (AvgIpc) is 2.53. The van der Waals surface area contributed by atoms with Crippen molar-refractivity contribution in [2.45, 2.75) is 19.8 Å². The Labute approximate surface area is 71.8 Å². The molecule has 0 saturated heterocycles. The first-order valence-corrected chi connectivity index (χ1v) is 4.23. The second kappa shape index (κ2) is 2.41. The van der Waals surface area contributed by atoms with Gasteiger partial charge < -0.3 is 8.98 Å². The zero-order valence-corrected chi connectivity index (χ0v) is 7.66. The Morgan fingerprint density at radius 3 is 2.75 bits per heavy atom. The van der Waals surface area contributed by atoms with Gasteiger partial charge in [0.1, 0.15) is 0 Å². The van der Waals surface area contributed by atoms with Crippen LogP contribution in [0.25, 0.3) is 11.1 Å². The molecule has 2 nitrogen and oxygen atoms in total.